The number of ether oxygens (including phenoxy) is 1. The summed E-state index contributed by atoms with van der Waals surface area (Å²) < 4.78 is 5.26. The maximum absolute atomic E-state index is 11.0. The monoisotopic (exact) mass is 253 g/mol. The van der Waals surface area contributed by atoms with E-state index >= 15 is 0 Å². The molecule has 0 fully saturated rings. The Morgan fingerprint density at radius 2 is 1.94 bits per heavy atom. The van der Waals surface area contributed by atoms with Gasteiger partial charge in [0, 0.05) is 5.69 Å². The number of aliphatic carboxylic acids is 1. The summed E-state index contributed by atoms with van der Waals surface area (Å²) in [6.07, 6.45) is 0. The van der Waals surface area contributed by atoms with Crippen molar-refractivity contribution in [1.29, 1.82) is 0 Å². The van der Waals surface area contributed by atoms with Crippen molar-refractivity contribution < 1.29 is 24.5 Å². The third kappa shape index (κ3) is 3.19. The van der Waals surface area contributed by atoms with Gasteiger partial charge in [-0.3, -0.25) is 4.79 Å². The molecule has 98 valence electrons. The van der Waals surface area contributed by atoms with Gasteiger partial charge < -0.3 is 14.9 Å². The first-order valence-electron chi connectivity index (χ1n) is 5.31. The van der Waals surface area contributed by atoms with Gasteiger partial charge in [-0.05, 0) is 32.9 Å². The Morgan fingerprint density at radius 3 is 2.44 bits per heavy atom. The van der Waals surface area contributed by atoms with Gasteiger partial charge in [-0.15, -0.1) is 0 Å². The van der Waals surface area contributed by atoms with Crippen LogP contribution in [-0.4, -0.2) is 33.7 Å². The highest BCUT2D eigenvalue weighted by Crippen LogP contribution is 2.21. The lowest BCUT2D eigenvalue weighted by Crippen LogP contribution is -2.31. The normalized spacial score (nSPS) is 11.1. The van der Waals surface area contributed by atoms with Crippen LogP contribution in [0.15, 0.2) is 12.1 Å². The van der Waals surface area contributed by atoms with Crippen molar-refractivity contribution in [1.82, 2.24) is 4.98 Å². The Kier molecular flexibility index (Phi) is 3.90. The molecule has 1 heterocycles. The van der Waals surface area contributed by atoms with Gasteiger partial charge in [0.2, 0.25) is 0 Å². The Hall–Kier alpha value is -2.11. The van der Waals surface area contributed by atoms with Crippen molar-refractivity contribution in [3.8, 4) is 5.75 Å². The number of carboxylic acids is 2. The standard InChI is InChI=1S/C12H15NO5/c1-7-4-5-8(9(13-7)10(14)15)18-6-12(2,3)11(16)17/h4-5H,6H2,1-3H3,(H,14,15)(H,16,17). The molecule has 0 unspecified atom stereocenters. The van der Waals surface area contributed by atoms with Crippen LogP contribution in [0.25, 0.3) is 0 Å². The quantitative estimate of drug-likeness (QED) is 0.826. The fraction of sp³-hybridized carbons (Fsp3) is 0.417. The van der Waals surface area contributed by atoms with Crippen molar-refractivity contribution in [2.24, 2.45) is 5.41 Å². The molecule has 0 saturated carbocycles. The predicted octanol–water partition coefficient (Wildman–Crippen LogP) is 1.58. The second-order valence-electron chi connectivity index (χ2n) is 4.58. The maximum atomic E-state index is 11.0. The Balaban J connectivity index is 2.92. The molecule has 1 rings (SSSR count). The number of rotatable bonds is 5. The number of nitrogens with zero attached hydrogens (tertiary/aromatic N) is 1. The van der Waals surface area contributed by atoms with Crippen LogP contribution in [0.5, 0.6) is 5.75 Å². The van der Waals surface area contributed by atoms with E-state index in [2.05, 4.69) is 4.98 Å². The van der Waals surface area contributed by atoms with Crippen LogP contribution in [-0.2, 0) is 4.79 Å². The summed E-state index contributed by atoms with van der Waals surface area (Å²) in [7, 11) is 0. The minimum atomic E-state index is -1.21. The van der Waals surface area contributed by atoms with Gasteiger partial charge in [0.05, 0.1) is 5.41 Å². The van der Waals surface area contributed by atoms with Gasteiger partial charge >= 0.3 is 11.9 Å². The van der Waals surface area contributed by atoms with Gasteiger partial charge in [-0.25, -0.2) is 9.78 Å². The van der Waals surface area contributed by atoms with Gasteiger partial charge in [0.15, 0.2) is 11.4 Å². The van der Waals surface area contributed by atoms with Crippen molar-refractivity contribution in [3.05, 3.63) is 23.5 Å². The first-order valence-corrected chi connectivity index (χ1v) is 5.31. The zero-order valence-corrected chi connectivity index (χ0v) is 10.4. The summed E-state index contributed by atoms with van der Waals surface area (Å²) in [5.74, 6) is -2.15. The highest BCUT2D eigenvalue weighted by Gasteiger charge is 2.29. The second kappa shape index (κ2) is 5.03. The molecule has 0 aliphatic heterocycles. The summed E-state index contributed by atoms with van der Waals surface area (Å²) in [6.45, 7) is 4.53. The topological polar surface area (TPSA) is 96.7 Å². The summed E-state index contributed by atoms with van der Waals surface area (Å²) in [6, 6.07) is 3.08. The van der Waals surface area contributed by atoms with E-state index in [9.17, 15) is 9.59 Å². The minimum Gasteiger partial charge on any atom is -0.490 e. The van der Waals surface area contributed by atoms with Crippen LogP contribution in [0.1, 0.15) is 30.0 Å². The first-order chi connectivity index (χ1) is 8.24. The minimum absolute atomic E-state index is 0.0717. The lowest BCUT2D eigenvalue weighted by molar-refractivity contribution is -0.148. The molecule has 0 aromatic carbocycles. The Morgan fingerprint density at radius 1 is 1.33 bits per heavy atom. The zero-order valence-electron chi connectivity index (χ0n) is 10.4. The van der Waals surface area contributed by atoms with Crippen LogP contribution in [0.2, 0.25) is 0 Å². The second-order valence-corrected chi connectivity index (χ2v) is 4.58. The molecular formula is C12H15NO5. The molecule has 2 N–H and O–H groups in total. The van der Waals surface area contributed by atoms with E-state index in [1.165, 1.54) is 19.9 Å². The number of aromatic nitrogens is 1. The number of hydrogen-bond donors (Lipinski definition) is 2. The summed E-state index contributed by atoms with van der Waals surface area (Å²) in [4.78, 5) is 25.7. The molecule has 0 spiro atoms. The van der Waals surface area contributed by atoms with E-state index in [-0.39, 0.29) is 18.1 Å². The molecule has 6 heteroatoms. The molecule has 6 nitrogen and oxygen atoms in total. The van der Waals surface area contributed by atoms with Crippen molar-refractivity contribution in [3.63, 3.8) is 0 Å². The van der Waals surface area contributed by atoms with Crippen LogP contribution in [0.4, 0.5) is 0 Å². The molecule has 0 radical (unpaired) electrons. The molecule has 0 atom stereocenters. The van der Waals surface area contributed by atoms with Crippen molar-refractivity contribution in [2.75, 3.05) is 6.61 Å². The SMILES string of the molecule is Cc1ccc(OCC(C)(C)C(=O)O)c(C(=O)O)n1. The van der Waals surface area contributed by atoms with Crippen LogP contribution >= 0.6 is 0 Å². The molecular weight excluding hydrogens is 238 g/mol. The maximum Gasteiger partial charge on any atom is 0.358 e. The molecule has 0 aliphatic carbocycles. The van der Waals surface area contributed by atoms with Crippen LogP contribution in [0, 0.1) is 12.3 Å². The average Bonchev–Trinajstić information content (AvgIpc) is 2.27. The number of aromatic carboxylic acids is 1. The zero-order chi connectivity index (χ0) is 13.9. The number of hydrogen-bond acceptors (Lipinski definition) is 4. The lowest BCUT2D eigenvalue weighted by atomic mass is 9.95. The highest BCUT2D eigenvalue weighted by atomic mass is 16.5. The molecule has 0 aliphatic rings. The predicted molar refractivity (Wildman–Crippen MR) is 62.8 cm³/mol. The Bertz CT molecular complexity index is 481. The number of pyridine rings is 1. The van der Waals surface area contributed by atoms with Gasteiger partial charge in [-0.2, -0.15) is 0 Å². The van der Waals surface area contributed by atoms with E-state index in [0.29, 0.717) is 5.69 Å². The van der Waals surface area contributed by atoms with Gasteiger partial charge in [0.1, 0.15) is 6.61 Å². The fourth-order valence-corrected chi connectivity index (χ4v) is 1.13. The highest BCUT2D eigenvalue weighted by molar-refractivity contribution is 5.88. The molecule has 0 amide bonds. The molecule has 1 aromatic rings. The van der Waals surface area contributed by atoms with E-state index in [1.807, 2.05) is 0 Å². The van der Waals surface area contributed by atoms with Crippen molar-refractivity contribution >= 4 is 11.9 Å². The molecule has 0 saturated heterocycles. The first kappa shape index (κ1) is 14.0. The number of carbonyl (C=O) groups is 2. The van der Waals surface area contributed by atoms with E-state index < -0.39 is 17.4 Å². The van der Waals surface area contributed by atoms with Gasteiger partial charge in [-0.1, -0.05) is 0 Å². The van der Waals surface area contributed by atoms with E-state index in [4.69, 9.17) is 14.9 Å². The van der Waals surface area contributed by atoms with Gasteiger partial charge in [0.25, 0.3) is 0 Å². The van der Waals surface area contributed by atoms with E-state index in [0.717, 1.165) is 0 Å². The smallest absolute Gasteiger partial charge is 0.358 e. The Labute approximate surface area is 104 Å². The third-order valence-corrected chi connectivity index (χ3v) is 2.37. The summed E-state index contributed by atoms with van der Waals surface area (Å²) in [5, 5.41) is 17.9. The average molecular weight is 253 g/mol. The number of aryl methyl sites for hydroxylation is 1. The molecule has 0 bridgehead atoms. The summed E-state index contributed by atoms with van der Waals surface area (Å²) in [5.41, 5.74) is -0.755. The van der Waals surface area contributed by atoms with Crippen LogP contribution in [0.3, 0.4) is 0 Å². The largest absolute Gasteiger partial charge is 0.490 e. The van der Waals surface area contributed by atoms with E-state index in [1.54, 1.807) is 13.0 Å². The lowest BCUT2D eigenvalue weighted by Gasteiger charge is -2.20. The van der Waals surface area contributed by atoms with Crippen LogP contribution < -0.4 is 4.74 Å². The third-order valence-electron chi connectivity index (χ3n) is 2.37. The van der Waals surface area contributed by atoms with Crippen molar-refractivity contribution in [2.45, 2.75) is 20.8 Å². The molecule has 1 aromatic heterocycles. The fourth-order valence-electron chi connectivity index (χ4n) is 1.13. The molecule has 18 heavy (non-hydrogen) atoms. The number of carboxylic acid groups (broad SMARTS) is 2. The summed E-state index contributed by atoms with van der Waals surface area (Å²) >= 11 is 0.